The second kappa shape index (κ2) is 7.17. The molecule has 0 spiro atoms. The summed E-state index contributed by atoms with van der Waals surface area (Å²) in [6.45, 7) is 5.50. The van der Waals surface area contributed by atoms with Crippen LogP contribution in [0.4, 0.5) is 5.82 Å². The molecule has 0 saturated heterocycles. The number of aromatic nitrogens is 2. The fourth-order valence-electron chi connectivity index (χ4n) is 1.44. The molecule has 0 fully saturated rings. The largest absolute Gasteiger partial charge is 0.373 e. The Bertz CT molecular complexity index is 315. The molecule has 0 bridgehead atoms. The number of ether oxygens (including phenoxy) is 1. The van der Waals surface area contributed by atoms with Crippen LogP contribution >= 0.6 is 0 Å². The van der Waals surface area contributed by atoms with E-state index in [0.29, 0.717) is 6.61 Å². The first-order valence-corrected chi connectivity index (χ1v) is 5.92. The van der Waals surface area contributed by atoms with Crippen molar-refractivity contribution in [2.75, 3.05) is 19.0 Å². The highest BCUT2D eigenvalue weighted by atomic mass is 16.5. The van der Waals surface area contributed by atoms with Crippen LogP contribution in [0, 0.1) is 0 Å². The second-order valence-electron chi connectivity index (χ2n) is 3.71. The lowest BCUT2D eigenvalue weighted by atomic mass is 10.2. The molecule has 0 amide bonds. The number of aryl methyl sites for hydroxylation is 1. The van der Waals surface area contributed by atoms with E-state index in [-0.39, 0.29) is 0 Å². The first-order valence-electron chi connectivity index (χ1n) is 5.92. The molecule has 1 heterocycles. The zero-order chi connectivity index (χ0) is 11.8. The van der Waals surface area contributed by atoms with Crippen molar-refractivity contribution < 1.29 is 4.74 Å². The van der Waals surface area contributed by atoms with Crippen molar-refractivity contribution in [2.24, 2.45) is 0 Å². The van der Waals surface area contributed by atoms with E-state index >= 15 is 0 Å². The lowest BCUT2D eigenvalue weighted by Crippen LogP contribution is -2.05. The van der Waals surface area contributed by atoms with Gasteiger partial charge in [-0.2, -0.15) is 0 Å². The zero-order valence-electron chi connectivity index (χ0n) is 10.4. The minimum atomic E-state index is 0.500. The highest BCUT2D eigenvalue weighted by molar-refractivity contribution is 5.35. The number of hydrogen-bond donors (Lipinski definition) is 1. The van der Waals surface area contributed by atoms with Gasteiger partial charge in [-0.1, -0.05) is 20.3 Å². The summed E-state index contributed by atoms with van der Waals surface area (Å²) in [5, 5.41) is 3.05. The van der Waals surface area contributed by atoms with Crippen LogP contribution in [0.3, 0.4) is 0 Å². The maximum atomic E-state index is 5.45. The van der Waals surface area contributed by atoms with E-state index in [1.807, 2.05) is 13.1 Å². The van der Waals surface area contributed by atoms with Gasteiger partial charge in [-0.25, -0.2) is 9.97 Å². The lowest BCUT2D eigenvalue weighted by molar-refractivity contribution is 0.116. The maximum Gasteiger partial charge on any atom is 0.156 e. The second-order valence-corrected chi connectivity index (χ2v) is 3.71. The Morgan fingerprint density at radius 1 is 1.25 bits per heavy atom. The molecule has 0 aliphatic rings. The fraction of sp³-hybridized carbons (Fsp3) is 0.667. The predicted octanol–water partition coefficient (Wildman–Crippen LogP) is 2.40. The SMILES string of the molecule is CCCOCc1nc(CCC)cc(NC)n1. The Hall–Kier alpha value is -1.16. The van der Waals surface area contributed by atoms with Gasteiger partial charge < -0.3 is 10.1 Å². The van der Waals surface area contributed by atoms with E-state index in [0.717, 1.165) is 43.2 Å². The van der Waals surface area contributed by atoms with Gasteiger partial charge in [-0.3, -0.25) is 0 Å². The summed E-state index contributed by atoms with van der Waals surface area (Å²) in [6.07, 6.45) is 3.10. The molecule has 90 valence electrons. The van der Waals surface area contributed by atoms with Crippen LogP contribution in [-0.2, 0) is 17.8 Å². The number of nitrogens with zero attached hydrogens (tertiary/aromatic N) is 2. The minimum Gasteiger partial charge on any atom is -0.373 e. The van der Waals surface area contributed by atoms with Crippen LogP contribution in [0.25, 0.3) is 0 Å². The summed E-state index contributed by atoms with van der Waals surface area (Å²) >= 11 is 0. The smallest absolute Gasteiger partial charge is 0.156 e. The van der Waals surface area contributed by atoms with Gasteiger partial charge in [0, 0.05) is 25.4 Å². The first kappa shape index (κ1) is 12.9. The quantitative estimate of drug-likeness (QED) is 0.721. The third-order valence-electron chi connectivity index (χ3n) is 2.17. The highest BCUT2D eigenvalue weighted by Crippen LogP contribution is 2.09. The van der Waals surface area contributed by atoms with Crippen molar-refractivity contribution in [3.63, 3.8) is 0 Å². The van der Waals surface area contributed by atoms with Crippen molar-refractivity contribution in [3.05, 3.63) is 17.6 Å². The molecule has 0 saturated carbocycles. The average molecular weight is 223 g/mol. The normalized spacial score (nSPS) is 10.4. The highest BCUT2D eigenvalue weighted by Gasteiger charge is 2.03. The Kier molecular flexibility index (Phi) is 5.78. The molecule has 16 heavy (non-hydrogen) atoms. The maximum absolute atomic E-state index is 5.45. The number of rotatable bonds is 7. The predicted molar refractivity (Wildman–Crippen MR) is 65.5 cm³/mol. The Labute approximate surface area is 97.5 Å². The Balaban J connectivity index is 2.69. The van der Waals surface area contributed by atoms with Crippen molar-refractivity contribution in [3.8, 4) is 0 Å². The summed E-state index contributed by atoms with van der Waals surface area (Å²) in [7, 11) is 1.87. The van der Waals surface area contributed by atoms with Gasteiger partial charge >= 0.3 is 0 Å². The van der Waals surface area contributed by atoms with Crippen LogP contribution in [0.1, 0.15) is 38.2 Å². The van der Waals surface area contributed by atoms with Crippen molar-refractivity contribution >= 4 is 5.82 Å². The monoisotopic (exact) mass is 223 g/mol. The Morgan fingerprint density at radius 3 is 2.69 bits per heavy atom. The molecule has 4 nitrogen and oxygen atoms in total. The van der Waals surface area contributed by atoms with Gasteiger partial charge in [0.05, 0.1) is 0 Å². The Morgan fingerprint density at radius 2 is 2.06 bits per heavy atom. The summed E-state index contributed by atoms with van der Waals surface area (Å²) in [6, 6.07) is 1.99. The number of hydrogen-bond acceptors (Lipinski definition) is 4. The molecule has 0 radical (unpaired) electrons. The molecule has 0 atom stereocenters. The van der Waals surface area contributed by atoms with E-state index in [1.54, 1.807) is 0 Å². The van der Waals surface area contributed by atoms with E-state index in [9.17, 15) is 0 Å². The lowest BCUT2D eigenvalue weighted by Gasteiger charge is -2.07. The molecule has 1 aromatic heterocycles. The summed E-state index contributed by atoms with van der Waals surface area (Å²) < 4.78 is 5.45. The summed E-state index contributed by atoms with van der Waals surface area (Å²) in [5.41, 5.74) is 1.08. The molecule has 0 aliphatic heterocycles. The van der Waals surface area contributed by atoms with Gasteiger partial charge in [0.2, 0.25) is 0 Å². The molecule has 1 rings (SSSR count). The third-order valence-corrected chi connectivity index (χ3v) is 2.17. The number of nitrogens with one attached hydrogen (secondary N) is 1. The topological polar surface area (TPSA) is 47.0 Å². The third kappa shape index (κ3) is 4.14. The van der Waals surface area contributed by atoms with Crippen LogP contribution in [0.2, 0.25) is 0 Å². The first-order chi connectivity index (χ1) is 7.80. The molecule has 4 heteroatoms. The van der Waals surface area contributed by atoms with Gasteiger partial charge in [-0.05, 0) is 12.8 Å². The summed E-state index contributed by atoms with van der Waals surface area (Å²) in [5.74, 6) is 1.64. The van der Waals surface area contributed by atoms with Crippen molar-refractivity contribution in [1.29, 1.82) is 0 Å². The van der Waals surface area contributed by atoms with E-state index in [4.69, 9.17) is 4.74 Å². The fourth-order valence-corrected chi connectivity index (χ4v) is 1.44. The standard InChI is InChI=1S/C12H21N3O/c1-4-6-10-8-11(13-3)15-12(14-10)9-16-7-5-2/h8H,4-7,9H2,1-3H3,(H,13,14,15). The van der Waals surface area contributed by atoms with Crippen LogP contribution < -0.4 is 5.32 Å². The van der Waals surface area contributed by atoms with E-state index < -0.39 is 0 Å². The van der Waals surface area contributed by atoms with Crippen LogP contribution in [0.5, 0.6) is 0 Å². The van der Waals surface area contributed by atoms with Crippen LogP contribution in [-0.4, -0.2) is 23.6 Å². The summed E-state index contributed by atoms with van der Waals surface area (Å²) in [4.78, 5) is 8.83. The average Bonchev–Trinajstić information content (AvgIpc) is 2.29. The number of anilines is 1. The van der Waals surface area contributed by atoms with Crippen molar-refractivity contribution in [1.82, 2.24) is 9.97 Å². The molecule has 1 aromatic rings. The molecule has 0 unspecified atom stereocenters. The van der Waals surface area contributed by atoms with Gasteiger partial charge in [-0.15, -0.1) is 0 Å². The zero-order valence-corrected chi connectivity index (χ0v) is 10.4. The molecule has 1 N–H and O–H groups in total. The van der Waals surface area contributed by atoms with Crippen LogP contribution in [0.15, 0.2) is 6.07 Å². The molecular weight excluding hydrogens is 202 g/mol. The molecular formula is C12H21N3O. The molecule has 0 aromatic carbocycles. The van der Waals surface area contributed by atoms with E-state index in [2.05, 4.69) is 29.1 Å². The molecule has 0 aliphatic carbocycles. The van der Waals surface area contributed by atoms with E-state index in [1.165, 1.54) is 0 Å². The minimum absolute atomic E-state index is 0.500. The van der Waals surface area contributed by atoms with Gasteiger partial charge in [0.1, 0.15) is 12.4 Å². The van der Waals surface area contributed by atoms with Gasteiger partial charge in [0.15, 0.2) is 5.82 Å². The van der Waals surface area contributed by atoms with Crippen molar-refractivity contribution in [2.45, 2.75) is 39.7 Å². The van der Waals surface area contributed by atoms with Gasteiger partial charge in [0.25, 0.3) is 0 Å².